The van der Waals surface area contributed by atoms with Crippen molar-refractivity contribution in [3.8, 4) is 12.3 Å². The summed E-state index contributed by atoms with van der Waals surface area (Å²) >= 11 is 0. The number of hydrogen-bond donors (Lipinski definition) is 0. The van der Waals surface area contributed by atoms with Gasteiger partial charge in [-0.15, -0.1) is 12.3 Å². The van der Waals surface area contributed by atoms with Crippen molar-refractivity contribution >= 4 is 0 Å². The zero-order chi connectivity index (χ0) is 17.8. The first-order valence-corrected chi connectivity index (χ1v) is 10.1. The minimum absolute atomic E-state index is 0.550. The van der Waals surface area contributed by atoms with Crippen LogP contribution >= 0.6 is 0 Å². The lowest BCUT2D eigenvalue weighted by Crippen LogP contribution is -2.40. The number of likely N-dealkylation sites (tertiary alicyclic amines) is 2. The summed E-state index contributed by atoms with van der Waals surface area (Å²) in [7, 11) is 4.01. The van der Waals surface area contributed by atoms with Gasteiger partial charge in [0.25, 0.3) is 0 Å². The van der Waals surface area contributed by atoms with E-state index in [4.69, 9.17) is 11.2 Å². The monoisotopic (exact) mass is 336 g/mol. The first-order chi connectivity index (χ1) is 11.7. The molecule has 0 radical (unpaired) electrons. The van der Waals surface area contributed by atoms with Crippen LogP contribution in [0.25, 0.3) is 0 Å². The van der Waals surface area contributed by atoms with E-state index in [0.29, 0.717) is 12.0 Å². The standard InChI is InChI=1S/C14H24N2.C5H10O.C2H6/c1-3-13-6-10-16(11-7-13)12-14-4-8-15(2)9-5-14;1-6-5-3-2-4-5;1-2/h1,13-14H,4-12H2,2H3;5H,2-4H2,1H3;1-2H3. The number of piperidine rings is 2. The average Bonchev–Trinajstić information content (AvgIpc) is 2.59. The van der Waals surface area contributed by atoms with Crippen LogP contribution in [0.3, 0.4) is 0 Å². The topological polar surface area (TPSA) is 15.7 Å². The molecular formula is C21H40N2O. The van der Waals surface area contributed by atoms with Crippen LogP contribution in [0.15, 0.2) is 0 Å². The van der Waals surface area contributed by atoms with Gasteiger partial charge in [0, 0.05) is 19.6 Å². The molecule has 3 fully saturated rings. The first-order valence-electron chi connectivity index (χ1n) is 10.1. The summed E-state index contributed by atoms with van der Waals surface area (Å²) in [5.41, 5.74) is 0. The smallest absolute Gasteiger partial charge is 0.0571 e. The summed E-state index contributed by atoms with van der Waals surface area (Å²) in [4.78, 5) is 5.07. The molecule has 0 amide bonds. The molecule has 0 aromatic rings. The molecule has 0 N–H and O–H groups in total. The van der Waals surface area contributed by atoms with E-state index in [9.17, 15) is 0 Å². The Morgan fingerprint density at radius 3 is 1.92 bits per heavy atom. The van der Waals surface area contributed by atoms with Crippen molar-refractivity contribution in [2.75, 3.05) is 46.9 Å². The van der Waals surface area contributed by atoms with E-state index in [2.05, 4.69) is 22.8 Å². The molecule has 0 unspecified atom stereocenters. The molecule has 0 aromatic carbocycles. The van der Waals surface area contributed by atoms with Crippen LogP contribution < -0.4 is 0 Å². The molecule has 0 aromatic heterocycles. The predicted molar refractivity (Wildman–Crippen MR) is 104 cm³/mol. The van der Waals surface area contributed by atoms with Gasteiger partial charge in [0.2, 0.25) is 0 Å². The summed E-state index contributed by atoms with van der Waals surface area (Å²) in [6.45, 7) is 10.3. The molecule has 3 heteroatoms. The Hall–Kier alpha value is -0.560. The molecule has 1 saturated carbocycles. The van der Waals surface area contributed by atoms with E-state index < -0.39 is 0 Å². The van der Waals surface area contributed by atoms with E-state index in [1.54, 1.807) is 7.11 Å². The molecule has 24 heavy (non-hydrogen) atoms. The third-order valence-corrected chi connectivity index (χ3v) is 5.56. The summed E-state index contributed by atoms with van der Waals surface area (Å²) in [6.07, 6.45) is 15.2. The van der Waals surface area contributed by atoms with Crippen LogP contribution in [0.5, 0.6) is 0 Å². The number of terminal acetylenes is 1. The van der Waals surface area contributed by atoms with Crippen molar-refractivity contribution in [2.45, 2.75) is 64.9 Å². The van der Waals surface area contributed by atoms with E-state index in [1.165, 1.54) is 77.7 Å². The molecule has 2 heterocycles. The summed E-state index contributed by atoms with van der Waals surface area (Å²) in [5, 5.41) is 0. The van der Waals surface area contributed by atoms with Crippen molar-refractivity contribution < 1.29 is 4.74 Å². The van der Waals surface area contributed by atoms with Gasteiger partial charge in [-0.1, -0.05) is 13.8 Å². The van der Waals surface area contributed by atoms with Gasteiger partial charge < -0.3 is 14.5 Å². The molecular weight excluding hydrogens is 296 g/mol. The van der Waals surface area contributed by atoms with Crippen LogP contribution in [0.4, 0.5) is 0 Å². The van der Waals surface area contributed by atoms with Crippen molar-refractivity contribution in [2.24, 2.45) is 11.8 Å². The minimum atomic E-state index is 0.550. The highest BCUT2D eigenvalue weighted by molar-refractivity contribution is 4.95. The Morgan fingerprint density at radius 1 is 0.958 bits per heavy atom. The lowest BCUT2D eigenvalue weighted by Gasteiger charge is -2.35. The molecule has 2 saturated heterocycles. The van der Waals surface area contributed by atoms with Gasteiger partial charge in [-0.2, -0.15) is 0 Å². The maximum absolute atomic E-state index is 5.47. The van der Waals surface area contributed by atoms with Crippen molar-refractivity contribution in [1.29, 1.82) is 0 Å². The molecule has 3 aliphatic rings. The maximum atomic E-state index is 5.47. The highest BCUT2D eigenvalue weighted by atomic mass is 16.5. The van der Waals surface area contributed by atoms with E-state index in [1.807, 2.05) is 13.8 Å². The Balaban J connectivity index is 0.000000300. The zero-order valence-electron chi connectivity index (χ0n) is 16.6. The molecule has 140 valence electrons. The van der Waals surface area contributed by atoms with Crippen LogP contribution in [0, 0.1) is 24.2 Å². The van der Waals surface area contributed by atoms with Gasteiger partial charge in [0.15, 0.2) is 0 Å². The summed E-state index contributed by atoms with van der Waals surface area (Å²) in [5.74, 6) is 4.38. The van der Waals surface area contributed by atoms with E-state index in [0.717, 1.165) is 5.92 Å². The minimum Gasteiger partial charge on any atom is -0.381 e. The molecule has 2 aliphatic heterocycles. The van der Waals surface area contributed by atoms with E-state index >= 15 is 0 Å². The largest absolute Gasteiger partial charge is 0.381 e. The summed E-state index contributed by atoms with van der Waals surface area (Å²) < 4.78 is 4.99. The average molecular weight is 337 g/mol. The van der Waals surface area contributed by atoms with Crippen LogP contribution in [0.1, 0.15) is 58.8 Å². The second-order valence-electron chi connectivity index (χ2n) is 7.28. The molecule has 0 atom stereocenters. The first kappa shape index (κ1) is 21.5. The molecule has 3 rings (SSSR count). The van der Waals surface area contributed by atoms with Crippen molar-refractivity contribution in [1.82, 2.24) is 9.80 Å². The van der Waals surface area contributed by atoms with Crippen LogP contribution in [-0.2, 0) is 4.74 Å². The van der Waals surface area contributed by atoms with Gasteiger partial charge in [0.05, 0.1) is 6.10 Å². The van der Waals surface area contributed by atoms with Crippen LogP contribution in [0.2, 0.25) is 0 Å². The second kappa shape index (κ2) is 12.8. The molecule has 0 bridgehead atoms. The fourth-order valence-electron chi connectivity index (χ4n) is 3.50. The second-order valence-corrected chi connectivity index (χ2v) is 7.28. The Bertz CT molecular complexity index is 329. The van der Waals surface area contributed by atoms with Gasteiger partial charge in [-0.05, 0) is 84.1 Å². The normalized spacial score (nSPS) is 24.0. The number of methoxy groups -OCH3 is 1. The number of rotatable bonds is 3. The third-order valence-electron chi connectivity index (χ3n) is 5.56. The van der Waals surface area contributed by atoms with E-state index in [-0.39, 0.29) is 0 Å². The number of nitrogens with zero attached hydrogens (tertiary/aromatic N) is 2. The summed E-state index contributed by atoms with van der Waals surface area (Å²) in [6, 6.07) is 0. The van der Waals surface area contributed by atoms with Crippen molar-refractivity contribution in [3.05, 3.63) is 0 Å². The Morgan fingerprint density at radius 2 is 1.54 bits per heavy atom. The lowest BCUT2D eigenvalue weighted by atomic mass is 9.93. The predicted octanol–water partition coefficient (Wildman–Crippen LogP) is 3.88. The zero-order valence-corrected chi connectivity index (χ0v) is 16.6. The van der Waals surface area contributed by atoms with Gasteiger partial charge in [0.1, 0.15) is 0 Å². The van der Waals surface area contributed by atoms with Gasteiger partial charge in [-0.3, -0.25) is 0 Å². The number of ether oxygens (including phenoxy) is 1. The maximum Gasteiger partial charge on any atom is 0.0571 e. The Labute approximate surface area is 151 Å². The Kier molecular flexibility index (Phi) is 11.4. The number of hydrogen-bond acceptors (Lipinski definition) is 3. The fraction of sp³-hybridized carbons (Fsp3) is 0.905. The SMILES string of the molecule is C#CC1CCN(CC2CCN(C)CC2)CC1.CC.COC1CCC1. The van der Waals surface area contributed by atoms with Gasteiger partial charge in [-0.25, -0.2) is 0 Å². The van der Waals surface area contributed by atoms with Gasteiger partial charge >= 0.3 is 0 Å². The molecule has 1 aliphatic carbocycles. The van der Waals surface area contributed by atoms with Crippen molar-refractivity contribution in [3.63, 3.8) is 0 Å². The lowest BCUT2D eigenvalue weighted by molar-refractivity contribution is 0.0412. The van der Waals surface area contributed by atoms with Crippen LogP contribution in [-0.4, -0.2) is 62.8 Å². The third kappa shape index (κ3) is 8.01. The highest BCUT2D eigenvalue weighted by Gasteiger charge is 2.22. The molecule has 3 nitrogen and oxygen atoms in total. The highest BCUT2D eigenvalue weighted by Crippen LogP contribution is 2.22. The molecule has 0 spiro atoms. The quantitative estimate of drug-likeness (QED) is 0.727. The fourth-order valence-corrected chi connectivity index (χ4v) is 3.50.